The van der Waals surface area contributed by atoms with Crippen LogP contribution in [0.3, 0.4) is 0 Å². The second kappa shape index (κ2) is 3.93. The molecule has 0 spiro atoms. The molecule has 0 bridgehead atoms. The second-order valence-corrected chi connectivity index (χ2v) is 3.12. The van der Waals surface area contributed by atoms with E-state index in [2.05, 4.69) is 0 Å². The van der Waals surface area contributed by atoms with Crippen LogP contribution in [0.2, 0.25) is 0 Å². The minimum absolute atomic E-state index is 0.108. The molecule has 0 aromatic carbocycles. The SMILES string of the molecule is O=[N+]([O-])c1cc[n+]([O-])cc1-[n+]1ccccc1. The minimum Gasteiger partial charge on any atom is -0.619 e. The van der Waals surface area contributed by atoms with Gasteiger partial charge in [-0.25, -0.2) is 0 Å². The lowest BCUT2D eigenvalue weighted by Crippen LogP contribution is -2.35. The zero-order chi connectivity index (χ0) is 11.5. The number of hydrogen-bond acceptors (Lipinski definition) is 3. The summed E-state index contributed by atoms with van der Waals surface area (Å²) in [6.45, 7) is 0. The van der Waals surface area contributed by atoms with E-state index in [9.17, 15) is 15.3 Å². The molecule has 0 atom stereocenters. The van der Waals surface area contributed by atoms with Crippen LogP contribution in [0.15, 0.2) is 49.1 Å². The summed E-state index contributed by atoms with van der Waals surface area (Å²) in [6, 6.07) is 6.43. The van der Waals surface area contributed by atoms with Gasteiger partial charge in [0.25, 0.3) is 6.20 Å². The Morgan fingerprint density at radius 2 is 1.81 bits per heavy atom. The molecule has 2 rings (SSSR count). The van der Waals surface area contributed by atoms with Crippen molar-refractivity contribution in [2.45, 2.75) is 0 Å². The minimum atomic E-state index is -0.519. The lowest BCUT2D eigenvalue weighted by Gasteiger charge is -1.97. The topological polar surface area (TPSA) is 74.0 Å². The molecule has 0 fully saturated rings. The van der Waals surface area contributed by atoms with Crippen molar-refractivity contribution in [1.82, 2.24) is 0 Å². The van der Waals surface area contributed by atoms with Gasteiger partial charge in [0.15, 0.2) is 18.6 Å². The number of rotatable bonds is 2. The number of hydrogen-bond donors (Lipinski definition) is 0. The molecule has 2 aromatic heterocycles. The van der Waals surface area contributed by atoms with Crippen LogP contribution < -0.4 is 9.30 Å². The maximum Gasteiger partial charge on any atom is 0.354 e. The van der Waals surface area contributed by atoms with E-state index in [1.165, 1.54) is 10.6 Å². The molecule has 0 amide bonds. The first-order valence-corrected chi connectivity index (χ1v) is 4.52. The molecule has 6 nitrogen and oxygen atoms in total. The Bertz CT molecular complexity index is 528. The Hall–Kier alpha value is -2.50. The quantitative estimate of drug-likeness (QED) is 0.319. The van der Waals surface area contributed by atoms with Gasteiger partial charge in [0.2, 0.25) is 0 Å². The summed E-state index contributed by atoms with van der Waals surface area (Å²) >= 11 is 0. The number of aromatic nitrogens is 2. The molecule has 80 valence electrons. The molecular formula is C10H8N3O3+. The standard InChI is InChI=1S/C10H8N3O3/c14-12-7-4-9(13(15)16)10(8-12)11-5-2-1-3-6-11/h1-8H/q+1. The zero-order valence-electron chi connectivity index (χ0n) is 8.19. The highest BCUT2D eigenvalue weighted by atomic mass is 16.6. The summed E-state index contributed by atoms with van der Waals surface area (Å²) in [5.74, 6) is 0. The van der Waals surface area contributed by atoms with Crippen molar-refractivity contribution < 1.29 is 14.2 Å². The van der Waals surface area contributed by atoms with Crippen LogP contribution in [0.25, 0.3) is 5.69 Å². The van der Waals surface area contributed by atoms with Gasteiger partial charge >= 0.3 is 11.4 Å². The molecule has 0 saturated carbocycles. The highest BCUT2D eigenvalue weighted by molar-refractivity contribution is 5.42. The lowest BCUT2D eigenvalue weighted by molar-refractivity contribution is -0.639. The Morgan fingerprint density at radius 3 is 2.44 bits per heavy atom. The largest absolute Gasteiger partial charge is 0.619 e. The predicted molar refractivity (Wildman–Crippen MR) is 53.6 cm³/mol. The van der Waals surface area contributed by atoms with Gasteiger partial charge in [0.05, 0.1) is 11.0 Å². The van der Waals surface area contributed by atoms with Crippen LogP contribution in [0.4, 0.5) is 5.69 Å². The predicted octanol–water partition coefficient (Wildman–Crippen LogP) is 0.505. The van der Waals surface area contributed by atoms with Gasteiger partial charge in [-0.1, -0.05) is 6.07 Å². The van der Waals surface area contributed by atoms with Gasteiger partial charge in [0, 0.05) is 12.1 Å². The average Bonchev–Trinajstić information content (AvgIpc) is 2.29. The molecule has 0 aliphatic carbocycles. The van der Waals surface area contributed by atoms with E-state index in [0.717, 1.165) is 12.4 Å². The normalized spacial score (nSPS) is 10.0. The van der Waals surface area contributed by atoms with Gasteiger partial charge in [-0.3, -0.25) is 10.1 Å². The molecule has 0 N–H and O–H groups in total. The van der Waals surface area contributed by atoms with Crippen molar-refractivity contribution in [3.63, 3.8) is 0 Å². The van der Waals surface area contributed by atoms with E-state index in [-0.39, 0.29) is 11.4 Å². The molecule has 0 aliphatic rings. The third-order valence-electron chi connectivity index (χ3n) is 2.08. The van der Waals surface area contributed by atoms with Gasteiger partial charge in [0.1, 0.15) is 0 Å². The fourth-order valence-electron chi connectivity index (χ4n) is 1.37. The van der Waals surface area contributed by atoms with E-state index >= 15 is 0 Å². The molecule has 0 unspecified atom stereocenters. The van der Waals surface area contributed by atoms with Crippen LogP contribution in [-0.2, 0) is 0 Å². The van der Waals surface area contributed by atoms with Crippen molar-refractivity contribution >= 4 is 5.69 Å². The third-order valence-corrected chi connectivity index (χ3v) is 2.08. The van der Waals surface area contributed by atoms with Crippen molar-refractivity contribution in [2.24, 2.45) is 0 Å². The van der Waals surface area contributed by atoms with Crippen LogP contribution in [-0.4, -0.2) is 4.92 Å². The van der Waals surface area contributed by atoms with Crippen molar-refractivity contribution in [1.29, 1.82) is 0 Å². The second-order valence-electron chi connectivity index (χ2n) is 3.12. The maximum atomic E-state index is 11.1. The smallest absolute Gasteiger partial charge is 0.354 e. The van der Waals surface area contributed by atoms with Crippen LogP contribution in [0, 0.1) is 15.3 Å². The molecule has 2 aromatic rings. The van der Waals surface area contributed by atoms with Gasteiger partial charge in [-0.15, -0.1) is 0 Å². The Kier molecular flexibility index (Phi) is 2.47. The number of pyridine rings is 2. The summed E-state index contributed by atoms with van der Waals surface area (Å²) in [6.07, 6.45) is 5.55. The van der Waals surface area contributed by atoms with Gasteiger partial charge in [-0.2, -0.15) is 9.30 Å². The lowest BCUT2D eigenvalue weighted by atomic mass is 10.3. The van der Waals surface area contributed by atoms with Crippen LogP contribution >= 0.6 is 0 Å². The highest BCUT2D eigenvalue weighted by Gasteiger charge is 2.25. The highest BCUT2D eigenvalue weighted by Crippen LogP contribution is 2.14. The van der Waals surface area contributed by atoms with Crippen LogP contribution in [0.1, 0.15) is 0 Å². The molecule has 6 heteroatoms. The van der Waals surface area contributed by atoms with Crippen molar-refractivity contribution in [2.75, 3.05) is 0 Å². The molecule has 2 heterocycles. The van der Waals surface area contributed by atoms with Crippen LogP contribution in [0.5, 0.6) is 0 Å². The Balaban J connectivity index is 2.63. The van der Waals surface area contributed by atoms with Crippen molar-refractivity contribution in [3.05, 3.63) is 64.4 Å². The molecule has 16 heavy (non-hydrogen) atoms. The molecule has 0 radical (unpaired) electrons. The maximum absolute atomic E-state index is 11.1. The first-order chi connectivity index (χ1) is 7.68. The summed E-state index contributed by atoms with van der Waals surface area (Å²) < 4.78 is 2.05. The Labute approximate surface area is 90.7 Å². The van der Waals surface area contributed by atoms with E-state index in [4.69, 9.17) is 0 Å². The van der Waals surface area contributed by atoms with Crippen molar-refractivity contribution in [3.8, 4) is 5.69 Å². The van der Waals surface area contributed by atoms with E-state index in [0.29, 0.717) is 4.73 Å². The molecule has 0 aliphatic heterocycles. The molecular weight excluding hydrogens is 210 g/mol. The fourth-order valence-corrected chi connectivity index (χ4v) is 1.37. The number of nitro groups is 1. The third kappa shape index (κ3) is 1.81. The van der Waals surface area contributed by atoms with E-state index < -0.39 is 4.92 Å². The summed E-state index contributed by atoms with van der Waals surface area (Å²) in [7, 11) is 0. The van der Waals surface area contributed by atoms with Gasteiger partial charge < -0.3 is 5.21 Å². The average molecular weight is 218 g/mol. The Morgan fingerprint density at radius 1 is 1.12 bits per heavy atom. The van der Waals surface area contributed by atoms with Gasteiger partial charge in [-0.05, 0) is 0 Å². The number of nitrogens with zero attached hydrogens (tertiary/aromatic N) is 3. The summed E-state index contributed by atoms with van der Waals surface area (Å²) in [5, 5.41) is 21.9. The monoisotopic (exact) mass is 218 g/mol. The van der Waals surface area contributed by atoms with E-state index in [1.807, 2.05) is 0 Å². The van der Waals surface area contributed by atoms with E-state index in [1.54, 1.807) is 30.6 Å². The zero-order valence-corrected chi connectivity index (χ0v) is 8.19. The summed E-state index contributed by atoms with van der Waals surface area (Å²) in [4.78, 5) is 10.3. The summed E-state index contributed by atoms with van der Waals surface area (Å²) in [5.41, 5.74) is 0.131. The molecule has 0 saturated heterocycles. The fraction of sp³-hybridized carbons (Fsp3) is 0. The first kappa shape index (κ1) is 10.0. The first-order valence-electron chi connectivity index (χ1n) is 4.52.